The van der Waals surface area contributed by atoms with Crippen LogP contribution in [0.5, 0.6) is 11.5 Å². The summed E-state index contributed by atoms with van der Waals surface area (Å²) in [6.45, 7) is 1.79. The van der Waals surface area contributed by atoms with Crippen LogP contribution in [-0.4, -0.2) is 21.0 Å². The Morgan fingerprint density at radius 3 is 2.34 bits per heavy atom. The van der Waals surface area contributed by atoms with E-state index in [9.17, 15) is 22.2 Å². The molecular formula is C21H17F3O4S. The van der Waals surface area contributed by atoms with Crippen molar-refractivity contribution in [3.8, 4) is 11.5 Å². The zero-order chi connectivity index (χ0) is 21.2. The van der Waals surface area contributed by atoms with Crippen molar-refractivity contribution in [2.24, 2.45) is 0 Å². The zero-order valence-corrected chi connectivity index (χ0v) is 16.1. The Hall–Kier alpha value is -2.87. The van der Waals surface area contributed by atoms with Crippen molar-refractivity contribution in [1.82, 2.24) is 0 Å². The van der Waals surface area contributed by atoms with Gasteiger partial charge in [-0.05, 0) is 53.4 Å². The molecule has 0 heterocycles. The van der Waals surface area contributed by atoms with Gasteiger partial charge in [-0.2, -0.15) is 13.2 Å². The van der Waals surface area contributed by atoms with Crippen molar-refractivity contribution in [2.75, 3.05) is 5.75 Å². The van der Waals surface area contributed by atoms with Crippen LogP contribution in [0.25, 0.3) is 10.8 Å². The van der Waals surface area contributed by atoms with Crippen LogP contribution in [0.3, 0.4) is 0 Å². The molecule has 0 amide bonds. The summed E-state index contributed by atoms with van der Waals surface area (Å²) in [6, 6.07) is 12.6. The Morgan fingerprint density at radius 2 is 1.76 bits per heavy atom. The molecule has 0 fully saturated rings. The topological polar surface area (TPSA) is 63.6 Å². The van der Waals surface area contributed by atoms with Crippen molar-refractivity contribution < 1.29 is 32.0 Å². The summed E-state index contributed by atoms with van der Waals surface area (Å²) in [5, 5.41) is 9.72. The normalized spacial score (nSPS) is 12.7. The molecule has 1 atom stereocenters. The molecule has 0 aromatic heterocycles. The van der Waals surface area contributed by atoms with Gasteiger partial charge in [0.05, 0.1) is 22.8 Å². The van der Waals surface area contributed by atoms with Gasteiger partial charge in [-0.25, -0.2) is 0 Å². The number of hydrogen-bond acceptors (Lipinski definition) is 3. The van der Waals surface area contributed by atoms with E-state index in [1.54, 1.807) is 31.2 Å². The van der Waals surface area contributed by atoms with Gasteiger partial charge in [-0.15, -0.1) is 0 Å². The van der Waals surface area contributed by atoms with Crippen molar-refractivity contribution in [3.05, 3.63) is 65.7 Å². The molecule has 8 heteroatoms. The highest BCUT2D eigenvalue weighted by Gasteiger charge is 2.30. The molecule has 152 valence electrons. The van der Waals surface area contributed by atoms with Crippen LogP contribution >= 0.6 is 0 Å². The number of carbonyl (C=O) groups is 1. The summed E-state index contributed by atoms with van der Waals surface area (Å²) < 4.78 is 57.0. The maximum Gasteiger partial charge on any atom is 0.416 e. The quantitative estimate of drug-likeness (QED) is 0.577. The Labute approximate surface area is 167 Å². The number of ether oxygens (including phenoxy) is 1. The maximum atomic E-state index is 13.1. The summed E-state index contributed by atoms with van der Waals surface area (Å²) in [4.78, 5) is 11.7. The van der Waals surface area contributed by atoms with Gasteiger partial charge in [-0.1, -0.05) is 19.1 Å². The summed E-state index contributed by atoms with van der Waals surface area (Å²) in [5.41, 5.74) is -0.419. The number of halogens is 3. The predicted molar refractivity (Wildman–Crippen MR) is 104 cm³/mol. The Balaban J connectivity index is 2.07. The van der Waals surface area contributed by atoms with E-state index < -0.39 is 28.5 Å². The van der Waals surface area contributed by atoms with Crippen molar-refractivity contribution in [3.63, 3.8) is 0 Å². The Kier molecular flexibility index (Phi) is 5.93. The lowest BCUT2D eigenvalue weighted by atomic mass is 10.0. The minimum atomic E-state index is -4.52. The number of benzene rings is 3. The number of aliphatic carboxylic acids is 1. The molecule has 3 aromatic rings. The van der Waals surface area contributed by atoms with Gasteiger partial charge in [0.2, 0.25) is 0 Å². The Morgan fingerprint density at radius 1 is 1.07 bits per heavy atom. The standard InChI is InChI=1S/C21H17F3O4S/c1-2-29(27)17-7-5-16(6-8-17)28-19-10-13(11-20(25)26)9-14-3-4-15(12-18(14)19)21(22,23)24/h3-10,12H,2,11H2,1H3,(H,25,26). The minimum Gasteiger partial charge on any atom is -0.481 e. The fourth-order valence-corrected chi connectivity index (χ4v) is 3.65. The second kappa shape index (κ2) is 8.24. The lowest BCUT2D eigenvalue weighted by Gasteiger charge is -2.14. The molecule has 0 spiro atoms. The first-order chi connectivity index (χ1) is 13.7. The second-order valence-corrected chi connectivity index (χ2v) is 8.05. The lowest BCUT2D eigenvalue weighted by Crippen LogP contribution is -2.05. The van der Waals surface area contributed by atoms with Crippen LogP contribution in [0, 0.1) is 0 Å². The highest BCUT2D eigenvalue weighted by molar-refractivity contribution is 7.85. The molecule has 3 aromatic carbocycles. The summed E-state index contributed by atoms with van der Waals surface area (Å²) in [5.74, 6) is -0.140. The fourth-order valence-electron chi connectivity index (χ4n) is 2.87. The highest BCUT2D eigenvalue weighted by Crippen LogP contribution is 2.37. The highest BCUT2D eigenvalue weighted by atomic mass is 32.2. The minimum absolute atomic E-state index is 0.120. The largest absolute Gasteiger partial charge is 0.481 e. The third-order valence-corrected chi connectivity index (χ3v) is 5.56. The molecule has 0 aliphatic rings. The smallest absolute Gasteiger partial charge is 0.416 e. The van der Waals surface area contributed by atoms with Gasteiger partial charge >= 0.3 is 12.1 Å². The van der Waals surface area contributed by atoms with E-state index in [2.05, 4.69) is 0 Å². The summed E-state index contributed by atoms with van der Waals surface area (Å²) in [7, 11) is -1.14. The van der Waals surface area contributed by atoms with Gasteiger partial charge in [-0.3, -0.25) is 9.00 Å². The second-order valence-electron chi connectivity index (χ2n) is 6.31. The van der Waals surface area contributed by atoms with E-state index in [1.165, 1.54) is 18.2 Å². The van der Waals surface area contributed by atoms with Crippen LogP contribution in [0.1, 0.15) is 18.1 Å². The first-order valence-corrected chi connectivity index (χ1v) is 10.0. The van der Waals surface area contributed by atoms with Crippen molar-refractivity contribution >= 4 is 27.5 Å². The first-order valence-electron chi connectivity index (χ1n) is 8.69. The van der Waals surface area contributed by atoms with Crippen LogP contribution in [0.4, 0.5) is 13.2 Å². The molecule has 1 N–H and O–H groups in total. The molecule has 0 saturated carbocycles. The SMILES string of the molecule is CCS(=O)c1ccc(Oc2cc(CC(=O)O)cc3ccc(C(F)(F)F)cc23)cc1. The number of hydrogen-bond donors (Lipinski definition) is 1. The van der Waals surface area contributed by atoms with Gasteiger partial charge in [0, 0.05) is 16.0 Å². The van der Waals surface area contributed by atoms with Gasteiger partial charge in [0.15, 0.2) is 0 Å². The molecule has 0 aliphatic heterocycles. The Bertz CT molecular complexity index is 1080. The zero-order valence-electron chi connectivity index (χ0n) is 15.3. The number of rotatable bonds is 6. The molecule has 29 heavy (non-hydrogen) atoms. The maximum absolute atomic E-state index is 13.1. The van der Waals surface area contributed by atoms with E-state index in [0.29, 0.717) is 27.3 Å². The van der Waals surface area contributed by atoms with E-state index in [4.69, 9.17) is 9.84 Å². The average molecular weight is 422 g/mol. The predicted octanol–water partition coefficient (Wildman–Crippen LogP) is 5.41. The fraction of sp³-hybridized carbons (Fsp3) is 0.190. The molecule has 3 rings (SSSR count). The van der Waals surface area contributed by atoms with E-state index >= 15 is 0 Å². The molecule has 0 bridgehead atoms. The third kappa shape index (κ3) is 4.95. The summed E-state index contributed by atoms with van der Waals surface area (Å²) >= 11 is 0. The van der Waals surface area contributed by atoms with Gasteiger partial charge in [0.1, 0.15) is 11.5 Å². The summed E-state index contributed by atoms with van der Waals surface area (Å²) in [6.07, 6.45) is -4.81. The number of alkyl halides is 3. The van der Waals surface area contributed by atoms with Crippen LogP contribution < -0.4 is 4.74 Å². The van der Waals surface area contributed by atoms with Gasteiger partial charge in [0.25, 0.3) is 0 Å². The van der Waals surface area contributed by atoms with Crippen LogP contribution in [0.15, 0.2) is 59.5 Å². The molecule has 1 unspecified atom stereocenters. The molecule has 0 saturated heterocycles. The van der Waals surface area contributed by atoms with E-state index in [1.807, 2.05) is 0 Å². The van der Waals surface area contributed by atoms with Crippen LogP contribution in [0.2, 0.25) is 0 Å². The van der Waals surface area contributed by atoms with Gasteiger partial charge < -0.3 is 9.84 Å². The average Bonchev–Trinajstić information content (AvgIpc) is 2.66. The van der Waals surface area contributed by atoms with Crippen molar-refractivity contribution in [1.29, 1.82) is 0 Å². The number of carboxylic acid groups (broad SMARTS) is 1. The number of carboxylic acids is 1. The third-order valence-electron chi connectivity index (χ3n) is 4.24. The number of fused-ring (bicyclic) bond motifs is 1. The van der Waals surface area contributed by atoms with E-state index in [0.717, 1.165) is 12.1 Å². The van der Waals surface area contributed by atoms with Crippen LogP contribution in [-0.2, 0) is 28.2 Å². The first kappa shape index (κ1) is 20.9. The lowest BCUT2D eigenvalue weighted by molar-refractivity contribution is -0.138. The molecular weight excluding hydrogens is 405 g/mol. The van der Waals surface area contributed by atoms with E-state index in [-0.39, 0.29) is 17.6 Å². The van der Waals surface area contributed by atoms with Crippen molar-refractivity contribution in [2.45, 2.75) is 24.4 Å². The molecule has 0 aliphatic carbocycles. The molecule has 4 nitrogen and oxygen atoms in total. The monoisotopic (exact) mass is 422 g/mol. The molecule has 0 radical (unpaired) electrons.